The number of carbonyl (C=O) groups is 4. The molecule has 0 heterocycles. The first-order chi connectivity index (χ1) is 47.2. The fourth-order valence-electron chi connectivity index (χ4n) is 10.5. The van der Waals surface area contributed by atoms with Crippen molar-refractivity contribution < 1.29 is 157 Å². The monoisotopic (exact) mass is 1520 g/mol. The molecule has 5 atom stereocenters. The number of phosphoric ester groups is 2. The number of nitrogens with one attached hydrogen (secondary N) is 1. The standard InChI is InChI=1S/C57H110O17P2.C17H18F3NO.ClH.2Na/c1-5-9-13-17-21-25-29-33-37-41-54(59)67-47-52(73-56(61)43-39-35-31-27-23-19-15-11-7-3)49-71-75(63,64)69-45-51(58)46-70-76(65,66)72-50-53(74-57(62)44-40-36-32-28-24-20-16-12-8-4)48-68-55(60)42-38-34-30-26-22-18-14-10-6-2;1-21-12-11-16(13-5-3-2-4-6-13)22-15-9-7-14(8-10-15)17(18,19)20;;;/h51-53,58H,5-50H2,1-4H3,(H,63,64)(H,65,66);2-10,16,21H,11-12H2,1H3;1H;;/q;;;2*+1/p-2. The van der Waals surface area contributed by atoms with Crippen molar-refractivity contribution in [2.24, 2.45) is 0 Å². The molecule has 0 aromatic heterocycles. The number of hydrogen-bond acceptors (Lipinski definition) is 19. The minimum Gasteiger partial charge on any atom is -0.756 e. The SMILES string of the molecule is CCCCCCCCCCCC(=O)OCC(COP(=O)([O-])OCC(O)COP(=O)([O-])OCC(COC(=O)CCCCCCCCCCC)OC(=O)CCCCCCCCCCC)OC(=O)CCCCCCCCCCC.CNCCC(Oc1ccc(C(F)(F)F)cc1)c1ccccc1.Cl.[Na+].[Na+]. The zero-order valence-electron chi connectivity index (χ0n) is 62.8. The van der Waals surface area contributed by atoms with Gasteiger partial charge in [-0.15, -0.1) is 12.4 Å². The first kappa shape index (κ1) is 104. The van der Waals surface area contributed by atoms with Crippen LogP contribution in [0.5, 0.6) is 5.75 Å². The van der Waals surface area contributed by atoms with Gasteiger partial charge < -0.3 is 62.0 Å². The smallest absolute Gasteiger partial charge is 0.756 e. The number of rotatable bonds is 64. The fourth-order valence-corrected chi connectivity index (χ4v) is 12.1. The number of unbranched alkanes of at least 4 members (excludes halogenated alkanes) is 32. The maximum absolute atomic E-state index is 12.8. The summed E-state index contributed by atoms with van der Waals surface area (Å²) in [5, 5.41) is 13.5. The van der Waals surface area contributed by atoms with E-state index in [9.17, 15) is 56.4 Å². The minimum atomic E-state index is -5.20. The van der Waals surface area contributed by atoms with Crippen molar-refractivity contribution in [3.05, 3.63) is 65.7 Å². The van der Waals surface area contributed by atoms with Crippen LogP contribution in [0.1, 0.15) is 308 Å². The van der Waals surface area contributed by atoms with Crippen LogP contribution in [0, 0.1) is 0 Å². The van der Waals surface area contributed by atoms with Crippen LogP contribution >= 0.6 is 28.1 Å². The molecule has 5 unspecified atom stereocenters. The molecule has 19 nitrogen and oxygen atoms in total. The van der Waals surface area contributed by atoms with Crippen LogP contribution in [0.15, 0.2) is 54.6 Å². The first-order valence-corrected chi connectivity index (χ1v) is 40.2. The topological polar surface area (TPSA) is 264 Å². The fraction of sp³-hybridized carbons (Fsp3) is 0.784. The Bertz CT molecular complexity index is 2280. The number of hydrogen-bond donors (Lipinski definition) is 2. The summed E-state index contributed by atoms with van der Waals surface area (Å²) in [5.41, 5.74) is 0.323. The van der Waals surface area contributed by atoms with Crippen LogP contribution in [0.2, 0.25) is 0 Å². The molecule has 27 heteroatoms. The third kappa shape index (κ3) is 63.0. The van der Waals surface area contributed by atoms with E-state index in [1.54, 1.807) is 0 Å². The van der Waals surface area contributed by atoms with Gasteiger partial charge in [-0.3, -0.25) is 28.3 Å². The quantitative estimate of drug-likeness (QED) is 0.0205. The van der Waals surface area contributed by atoms with Crippen molar-refractivity contribution >= 4 is 51.9 Å². The maximum Gasteiger partial charge on any atom is 1.00 e. The zero-order chi connectivity index (χ0) is 72.2. The molecule has 0 aliphatic rings. The van der Waals surface area contributed by atoms with E-state index in [0.29, 0.717) is 31.4 Å². The van der Waals surface area contributed by atoms with Crippen molar-refractivity contribution in [3.63, 3.8) is 0 Å². The van der Waals surface area contributed by atoms with Crippen molar-refractivity contribution in [3.8, 4) is 5.75 Å². The molecule has 0 saturated heterocycles. The van der Waals surface area contributed by atoms with Gasteiger partial charge in [0.25, 0.3) is 15.6 Å². The number of carbonyl (C=O) groups excluding carboxylic acids is 4. The van der Waals surface area contributed by atoms with Gasteiger partial charge in [-0.05, 0) is 69.1 Å². The summed E-state index contributed by atoms with van der Waals surface area (Å²) in [6, 6.07) is 14.4. The number of benzene rings is 2. The summed E-state index contributed by atoms with van der Waals surface area (Å²) < 4.78 is 110. The number of aliphatic hydroxyl groups excluding tert-OH is 1. The molecule has 2 aromatic carbocycles. The summed E-state index contributed by atoms with van der Waals surface area (Å²) in [7, 11) is -8.55. The first-order valence-electron chi connectivity index (χ1n) is 37.3. The second kappa shape index (κ2) is 68.8. The van der Waals surface area contributed by atoms with Crippen LogP contribution in [0.3, 0.4) is 0 Å². The summed E-state index contributed by atoms with van der Waals surface area (Å²) in [6.07, 6.45) is 30.4. The Morgan fingerprint density at radius 3 is 1.05 bits per heavy atom. The molecule has 2 aromatic rings. The van der Waals surface area contributed by atoms with Gasteiger partial charge in [0, 0.05) is 32.1 Å². The van der Waals surface area contributed by atoms with E-state index in [0.717, 1.165) is 133 Å². The number of ether oxygens (including phenoxy) is 5. The van der Waals surface area contributed by atoms with Crippen LogP contribution < -0.4 is 79.0 Å². The van der Waals surface area contributed by atoms with E-state index < -0.39 is 109 Å². The molecule has 0 aliphatic carbocycles. The minimum absolute atomic E-state index is 0. The summed E-state index contributed by atoms with van der Waals surface area (Å²) >= 11 is 0. The molecule has 0 fully saturated rings. The van der Waals surface area contributed by atoms with E-state index in [1.165, 1.54) is 115 Å². The van der Waals surface area contributed by atoms with E-state index >= 15 is 0 Å². The normalized spacial score (nSPS) is 13.6. The number of alkyl halides is 3. The van der Waals surface area contributed by atoms with Gasteiger partial charge in [-0.1, -0.05) is 263 Å². The Morgan fingerprint density at radius 2 is 0.743 bits per heavy atom. The van der Waals surface area contributed by atoms with E-state index in [2.05, 4.69) is 33.0 Å². The van der Waals surface area contributed by atoms with Crippen molar-refractivity contribution in [1.29, 1.82) is 0 Å². The third-order valence-electron chi connectivity index (χ3n) is 16.4. The van der Waals surface area contributed by atoms with Gasteiger partial charge in [0.2, 0.25) is 0 Å². The Balaban J connectivity index is -0.00000323. The molecule has 0 radical (unpaired) electrons. The van der Waals surface area contributed by atoms with Crippen molar-refractivity contribution in [2.45, 2.75) is 322 Å². The van der Waals surface area contributed by atoms with Crippen LogP contribution in [-0.2, 0) is 71.5 Å². The number of esters is 4. The molecule has 2 N–H and O–H groups in total. The van der Waals surface area contributed by atoms with Crippen LogP contribution in [0.4, 0.5) is 13.2 Å². The summed E-state index contributed by atoms with van der Waals surface area (Å²) in [5.74, 6) is -1.81. The Labute approximate surface area is 655 Å². The molecule has 0 bridgehead atoms. The summed E-state index contributed by atoms with van der Waals surface area (Å²) in [4.78, 5) is 76.2. The van der Waals surface area contributed by atoms with Crippen molar-refractivity contribution in [2.75, 3.05) is 53.2 Å². The maximum atomic E-state index is 12.8. The van der Waals surface area contributed by atoms with E-state index in [-0.39, 0.29) is 103 Å². The Morgan fingerprint density at radius 1 is 0.446 bits per heavy atom. The second-order valence-corrected chi connectivity index (χ2v) is 28.4. The molecule has 0 aliphatic heterocycles. The molecular formula is C74H127ClF3NNa2O18P2. The summed E-state index contributed by atoms with van der Waals surface area (Å²) in [6.45, 7) is 5.11. The molecule has 0 saturated carbocycles. The third-order valence-corrected chi connectivity index (χ3v) is 18.2. The van der Waals surface area contributed by atoms with Gasteiger partial charge in [-0.2, -0.15) is 13.2 Å². The Hall–Kier alpha value is -1.66. The average Bonchev–Trinajstić information content (AvgIpc) is 0.860. The molecule has 576 valence electrons. The molecular weight excluding hydrogens is 1390 g/mol. The van der Waals surface area contributed by atoms with Gasteiger partial charge in [-0.25, -0.2) is 0 Å². The van der Waals surface area contributed by atoms with Gasteiger partial charge in [0.15, 0.2) is 12.2 Å². The predicted molar refractivity (Wildman–Crippen MR) is 381 cm³/mol. The number of halogens is 4. The molecule has 2 rings (SSSR count). The van der Waals surface area contributed by atoms with Crippen molar-refractivity contribution in [1.82, 2.24) is 5.32 Å². The van der Waals surface area contributed by atoms with E-state index in [4.69, 9.17) is 41.8 Å². The average molecular weight is 1520 g/mol. The molecule has 101 heavy (non-hydrogen) atoms. The molecule has 0 amide bonds. The van der Waals surface area contributed by atoms with Gasteiger partial charge in [0.1, 0.15) is 31.2 Å². The largest absolute Gasteiger partial charge is 1.00 e. The van der Waals surface area contributed by atoms with Gasteiger partial charge in [0.05, 0.1) is 32.0 Å². The van der Waals surface area contributed by atoms with Crippen LogP contribution in [-0.4, -0.2) is 101 Å². The predicted octanol–water partition coefficient (Wildman–Crippen LogP) is 12.8. The Kier molecular flexibility index (Phi) is 70.6. The van der Waals surface area contributed by atoms with E-state index in [1.807, 2.05) is 37.4 Å². The number of aliphatic hydroxyl groups is 1. The van der Waals surface area contributed by atoms with Gasteiger partial charge >= 0.3 is 89.2 Å². The number of phosphoric acid groups is 2. The zero-order valence-corrected chi connectivity index (χ0v) is 69.4. The molecule has 0 spiro atoms. The second-order valence-electron chi connectivity index (χ2n) is 25.6. The van der Waals surface area contributed by atoms with Crippen LogP contribution in [0.25, 0.3) is 0 Å².